The second kappa shape index (κ2) is 53.0. The molecular formula is C68H123NO13. The molecule has 0 aromatic heterocycles. The molecule has 14 heteroatoms. The number of rotatable bonds is 54. The normalized spacial score (nSPS) is 24.3. The first-order chi connectivity index (χ1) is 40.1. The number of allylic oxidation sites excluding steroid dienone is 9. The maximum Gasteiger partial charge on any atom is 0.220 e. The van der Waals surface area contributed by atoms with E-state index in [0.717, 1.165) is 57.8 Å². The topological polar surface area (TPSA) is 228 Å². The van der Waals surface area contributed by atoms with Crippen LogP contribution in [0.15, 0.2) is 60.8 Å². The third-order valence-electron chi connectivity index (χ3n) is 16.1. The fourth-order valence-electron chi connectivity index (χ4n) is 10.8. The average Bonchev–Trinajstić information content (AvgIpc) is 3.62. The summed E-state index contributed by atoms with van der Waals surface area (Å²) in [5, 5.41) is 87.0. The molecule has 0 bridgehead atoms. The van der Waals surface area contributed by atoms with Crippen LogP contribution >= 0.6 is 0 Å². The number of amides is 1. The van der Waals surface area contributed by atoms with E-state index >= 15 is 0 Å². The van der Waals surface area contributed by atoms with E-state index in [4.69, 9.17) is 18.9 Å². The Hall–Kier alpha value is -2.31. The summed E-state index contributed by atoms with van der Waals surface area (Å²) < 4.78 is 22.7. The van der Waals surface area contributed by atoms with Crippen molar-refractivity contribution in [1.29, 1.82) is 0 Å². The molecule has 12 atom stereocenters. The van der Waals surface area contributed by atoms with Crippen LogP contribution in [0.1, 0.15) is 271 Å². The lowest BCUT2D eigenvalue weighted by Crippen LogP contribution is -2.65. The predicted molar refractivity (Wildman–Crippen MR) is 332 cm³/mol. The van der Waals surface area contributed by atoms with Gasteiger partial charge in [0, 0.05) is 6.42 Å². The minimum Gasteiger partial charge on any atom is -0.394 e. The Kier molecular flexibility index (Phi) is 49.0. The summed E-state index contributed by atoms with van der Waals surface area (Å²) in [6.45, 7) is 2.69. The number of ether oxygens (including phenoxy) is 4. The van der Waals surface area contributed by atoms with Crippen molar-refractivity contribution in [1.82, 2.24) is 5.32 Å². The van der Waals surface area contributed by atoms with Gasteiger partial charge >= 0.3 is 0 Å². The van der Waals surface area contributed by atoms with E-state index in [1.54, 1.807) is 6.08 Å². The van der Waals surface area contributed by atoms with Crippen LogP contribution in [0.25, 0.3) is 0 Å². The van der Waals surface area contributed by atoms with E-state index in [2.05, 4.69) is 67.8 Å². The lowest BCUT2D eigenvalue weighted by Gasteiger charge is -2.46. The Morgan fingerprint density at radius 1 is 0.439 bits per heavy atom. The van der Waals surface area contributed by atoms with Crippen molar-refractivity contribution in [2.45, 2.75) is 344 Å². The van der Waals surface area contributed by atoms with Gasteiger partial charge in [-0.05, 0) is 70.6 Å². The van der Waals surface area contributed by atoms with Crippen molar-refractivity contribution in [3.8, 4) is 0 Å². The van der Waals surface area contributed by atoms with Gasteiger partial charge in [-0.15, -0.1) is 0 Å². The number of carbonyl (C=O) groups is 1. The number of aliphatic hydroxyl groups is 8. The molecule has 0 spiro atoms. The first-order valence-electron chi connectivity index (χ1n) is 33.5. The van der Waals surface area contributed by atoms with Crippen molar-refractivity contribution < 1.29 is 64.6 Å². The molecule has 2 saturated heterocycles. The van der Waals surface area contributed by atoms with Gasteiger partial charge in [-0.2, -0.15) is 0 Å². The van der Waals surface area contributed by atoms with Crippen LogP contribution in [0.3, 0.4) is 0 Å². The standard InChI is InChI=1S/C68H123NO13/c1-3-5-7-9-11-13-15-16-17-18-19-20-21-22-23-24-25-26-27-28-29-30-31-32-33-34-35-36-37-38-39-40-42-44-46-48-50-52-60(73)69-56(57(72)51-49-47-45-43-41-14-12-10-8-6-4-2)55-79-67-65(78)63(76)66(59(54-71)81-67)82-68-64(77)62(75)61(74)58(53-70)80-68/h8,10,15-16,18-19,41,43,49,51,56-59,61-68,70-72,74-78H,3-7,9,11-14,17,20-40,42,44-48,50,52-55H2,1-2H3,(H,69,73)/b10-8+,16-15-,19-18-,43-41+,51-49+. The maximum absolute atomic E-state index is 13.2. The lowest BCUT2D eigenvalue weighted by molar-refractivity contribution is -0.359. The van der Waals surface area contributed by atoms with Gasteiger partial charge in [0.05, 0.1) is 32.0 Å². The summed E-state index contributed by atoms with van der Waals surface area (Å²) in [7, 11) is 0. The number of aliphatic hydroxyl groups excluding tert-OH is 8. The molecule has 0 radical (unpaired) electrons. The summed E-state index contributed by atoms with van der Waals surface area (Å²) in [6.07, 6.45) is 53.2. The Bertz CT molecular complexity index is 1610. The van der Waals surface area contributed by atoms with Crippen LogP contribution in [-0.2, 0) is 23.7 Å². The monoisotopic (exact) mass is 1160 g/mol. The molecule has 12 unspecified atom stereocenters. The van der Waals surface area contributed by atoms with Gasteiger partial charge in [-0.3, -0.25) is 4.79 Å². The highest BCUT2D eigenvalue weighted by atomic mass is 16.7. The van der Waals surface area contributed by atoms with E-state index in [0.29, 0.717) is 12.8 Å². The van der Waals surface area contributed by atoms with Gasteiger partial charge in [0.1, 0.15) is 48.8 Å². The highest BCUT2D eigenvalue weighted by Gasteiger charge is 2.51. The molecule has 2 rings (SSSR count). The van der Waals surface area contributed by atoms with Crippen LogP contribution < -0.4 is 5.32 Å². The molecule has 2 aliphatic heterocycles. The summed E-state index contributed by atoms with van der Waals surface area (Å²) in [5.41, 5.74) is 0. The summed E-state index contributed by atoms with van der Waals surface area (Å²) in [5.74, 6) is -0.252. The molecule has 2 heterocycles. The van der Waals surface area contributed by atoms with Crippen LogP contribution in [-0.4, -0.2) is 140 Å². The zero-order valence-corrected chi connectivity index (χ0v) is 51.7. The van der Waals surface area contributed by atoms with Crippen molar-refractivity contribution in [3.05, 3.63) is 60.8 Å². The van der Waals surface area contributed by atoms with Gasteiger partial charge in [0.15, 0.2) is 12.6 Å². The first-order valence-corrected chi connectivity index (χ1v) is 33.5. The number of nitrogens with one attached hydrogen (secondary N) is 1. The Labute approximate surface area is 498 Å². The Morgan fingerprint density at radius 3 is 1.30 bits per heavy atom. The molecule has 82 heavy (non-hydrogen) atoms. The van der Waals surface area contributed by atoms with Gasteiger partial charge in [0.2, 0.25) is 5.91 Å². The fraction of sp³-hybridized carbons (Fsp3) is 0.838. The van der Waals surface area contributed by atoms with E-state index in [-0.39, 0.29) is 18.9 Å². The van der Waals surface area contributed by atoms with Crippen molar-refractivity contribution >= 4 is 5.91 Å². The number of hydrogen-bond donors (Lipinski definition) is 9. The minimum atomic E-state index is -1.79. The molecule has 14 nitrogen and oxygen atoms in total. The van der Waals surface area contributed by atoms with Gasteiger partial charge in [-0.1, -0.05) is 254 Å². The zero-order chi connectivity index (χ0) is 59.5. The molecule has 1 amide bonds. The first kappa shape index (κ1) is 75.8. The highest BCUT2D eigenvalue weighted by molar-refractivity contribution is 5.76. The fourth-order valence-corrected chi connectivity index (χ4v) is 10.8. The summed E-state index contributed by atoms with van der Waals surface area (Å²) in [4.78, 5) is 13.2. The second-order valence-electron chi connectivity index (χ2n) is 23.6. The van der Waals surface area contributed by atoms with Crippen LogP contribution in [0.4, 0.5) is 0 Å². The van der Waals surface area contributed by atoms with Crippen molar-refractivity contribution in [2.24, 2.45) is 0 Å². The maximum atomic E-state index is 13.2. The molecule has 478 valence electrons. The lowest BCUT2D eigenvalue weighted by atomic mass is 9.97. The third-order valence-corrected chi connectivity index (χ3v) is 16.1. The number of unbranched alkanes of at least 4 members (excludes halogenated alkanes) is 33. The number of hydrogen-bond acceptors (Lipinski definition) is 13. The smallest absolute Gasteiger partial charge is 0.220 e. The third kappa shape index (κ3) is 37.3. The van der Waals surface area contributed by atoms with Gasteiger partial charge in [0.25, 0.3) is 0 Å². The molecule has 2 aliphatic rings. The van der Waals surface area contributed by atoms with Gasteiger partial charge in [-0.25, -0.2) is 0 Å². The molecule has 0 aliphatic carbocycles. The van der Waals surface area contributed by atoms with Gasteiger partial charge < -0.3 is 65.1 Å². The Balaban J connectivity index is 1.56. The van der Waals surface area contributed by atoms with E-state index in [1.165, 1.54) is 180 Å². The van der Waals surface area contributed by atoms with E-state index in [9.17, 15) is 45.6 Å². The average molecular weight is 1160 g/mol. The van der Waals surface area contributed by atoms with Crippen molar-refractivity contribution in [3.63, 3.8) is 0 Å². The molecule has 9 N–H and O–H groups in total. The van der Waals surface area contributed by atoms with Crippen LogP contribution in [0, 0.1) is 0 Å². The van der Waals surface area contributed by atoms with E-state index in [1.807, 2.05) is 6.08 Å². The molecule has 0 aromatic rings. The van der Waals surface area contributed by atoms with E-state index < -0.39 is 86.8 Å². The quantitative estimate of drug-likeness (QED) is 0.0204. The molecule has 0 saturated carbocycles. The SMILES string of the molecule is CCC/C=C/CC/C=C/CC/C=C/C(O)C(COC1OC(CO)C(OC2OC(CO)C(O)C(O)C2O)C(O)C1O)NC(=O)CCCCCCCCCCCCCCCCCCCCCCCCCCC/C=C\C/C=C\CCCCCCC. The predicted octanol–water partition coefficient (Wildman–Crippen LogP) is 12.9. The number of carbonyl (C=O) groups excluding carboxylic acids is 1. The van der Waals surface area contributed by atoms with Crippen LogP contribution in [0.5, 0.6) is 0 Å². The molecule has 2 fully saturated rings. The molecular weight excluding hydrogens is 1040 g/mol. The summed E-state index contributed by atoms with van der Waals surface area (Å²) >= 11 is 0. The van der Waals surface area contributed by atoms with Crippen LogP contribution in [0.2, 0.25) is 0 Å². The van der Waals surface area contributed by atoms with Crippen molar-refractivity contribution in [2.75, 3.05) is 19.8 Å². The zero-order valence-electron chi connectivity index (χ0n) is 51.7. The molecule has 0 aromatic carbocycles. The minimum absolute atomic E-state index is 0.252. The Morgan fingerprint density at radius 2 is 0.841 bits per heavy atom. The summed E-state index contributed by atoms with van der Waals surface area (Å²) in [6, 6.07) is -0.936. The highest BCUT2D eigenvalue weighted by Crippen LogP contribution is 2.30. The largest absolute Gasteiger partial charge is 0.394 e. The second-order valence-corrected chi connectivity index (χ2v) is 23.6.